The molecule has 0 bridgehead atoms. The molecule has 22 heavy (non-hydrogen) atoms. The fourth-order valence-electron chi connectivity index (χ4n) is 2.97. The van der Waals surface area contributed by atoms with E-state index in [2.05, 4.69) is 0 Å². The van der Waals surface area contributed by atoms with Crippen molar-refractivity contribution in [3.05, 3.63) is 0 Å². The van der Waals surface area contributed by atoms with Gasteiger partial charge in [0.25, 0.3) is 0 Å². The summed E-state index contributed by atoms with van der Waals surface area (Å²) in [4.78, 5) is 26.0. The summed E-state index contributed by atoms with van der Waals surface area (Å²) in [5, 5.41) is 8.92. The van der Waals surface area contributed by atoms with E-state index < -0.39 is 23.7 Å². The van der Waals surface area contributed by atoms with Gasteiger partial charge in [-0.1, -0.05) is 13.3 Å². The van der Waals surface area contributed by atoms with E-state index in [1.54, 1.807) is 20.8 Å². The summed E-state index contributed by atoms with van der Waals surface area (Å²) in [5.74, 6) is -0.175. The molecule has 1 fully saturated rings. The summed E-state index contributed by atoms with van der Waals surface area (Å²) in [6.45, 7) is 8.06. The second kappa shape index (κ2) is 7.81. The molecule has 1 rings (SSSR count). The van der Waals surface area contributed by atoms with E-state index >= 15 is 0 Å². The Kier molecular flexibility index (Phi) is 6.66. The Morgan fingerprint density at radius 1 is 1.27 bits per heavy atom. The standard InChI is InChI=1S/C16H29NO5/c1-11-10-17(15(20)22-16(2,3)4)13(14(19)21-5)12(11)8-6-7-9-18/h11-13,18H,6-10H2,1-5H3/t11-,12-,13+/m1/s1. The van der Waals surface area contributed by atoms with Crippen molar-refractivity contribution in [2.45, 2.75) is 58.6 Å². The zero-order chi connectivity index (χ0) is 16.9. The summed E-state index contributed by atoms with van der Waals surface area (Å²) in [6.07, 6.45) is 1.82. The number of aliphatic hydroxyl groups excluding tert-OH is 1. The topological polar surface area (TPSA) is 76.1 Å². The lowest BCUT2D eigenvalue weighted by Crippen LogP contribution is -2.46. The first kappa shape index (κ1) is 18.7. The van der Waals surface area contributed by atoms with Gasteiger partial charge in [-0.3, -0.25) is 4.90 Å². The molecule has 1 saturated heterocycles. The van der Waals surface area contributed by atoms with Crippen molar-refractivity contribution in [3.63, 3.8) is 0 Å². The van der Waals surface area contributed by atoms with E-state index in [0.29, 0.717) is 13.0 Å². The van der Waals surface area contributed by atoms with Crippen LogP contribution in [0.15, 0.2) is 0 Å². The van der Waals surface area contributed by atoms with E-state index in [1.807, 2.05) is 6.92 Å². The second-order valence-corrected chi connectivity index (χ2v) is 6.96. The molecule has 0 spiro atoms. The molecular formula is C16H29NO5. The molecule has 1 N–H and O–H groups in total. The fraction of sp³-hybridized carbons (Fsp3) is 0.875. The summed E-state index contributed by atoms with van der Waals surface area (Å²) >= 11 is 0. The molecule has 0 saturated carbocycles. The third kappa shape index (κ3) is 4.87. The SMILES string of the molecule is COC(=O)[C@@H]1[C@H](CCCCO)[C@H](C)CN1C(=O)OC(C)(C)C. The molecule has 1 amide bonds. The highest BCUT2D eigenvalue weighted by molar-refractivity contribution is 5.82. The number of carbonyl (C=O) groups is 2. The number of amides is 1. The van der Waals surface area contributed by atoms with Crippen LogP contribution < -0.4 is 0 Å². The number of likely N-dealkylation sites (tertiary alicyclic amines) is 1. The zero-order valence-corrected chi connectivity index (χ0v) is 14.3. The van der Waals surface area contributed by atoms with Crippen LogP contribution in [0.4, 0.5) is 4.79 Å². The predicted octanol–water partition coefficient (Wildman–Crippen LogP) is 2.19. The van der Waals surface area contributed by atoms with Crippen molar-refractivity contribution in [3.8, 4) is 0 Å². The summed E-state index contributed by atoms with van der Waals surface area (Å²) in [5.41, 5.74) is -0.601. The van der Waals surface area contributed by atoms with Gasteiger partial charge in [0.1, 0.15) is 11.6 Å². The number of hydrogen-bond acceptors (Lipinski definition) is 5. The highest BCUT2D eigenvalue weighted by Gasteiger charge is 2.47. The molecule has 0 aromatic carbocycles. The van der Waals surface area contributed by atoms with Crippen LogP contribution in [0.3, 0.4) is 0 Å². The number of ether oxygens (including phenoxy) is 2. The first-order valence-electron chi connectivity index (χ1n) is 7.89. The lowest BCUT2D eigenvalue weighted by molar-refractivity contribution is -0.147. The Labute approximate surface area is 132 Å². The lowest BCUT2D eigenvalue weighted by atomic mass is 9.87. The predicted molar refractivity (Wildman–Crippen MR) is 82.3 cm³/mol. The van der Waals surface area contributed by atoms with E-state index in [4.69, 9.17) is 14.6 Å². The van der Waals surface area contributed by atoms with Gasteiger partial charge in [-0.05, 0) is 45.4 Å². The van der Waals surface area contributed by atoms with Crippen LogP contribution in [0.2, 0.25) is 0 Å². The molecule has 128 valence electrons. The Hall–Kier alpha value is -1.30. The van der Waals surface area contributed by atoms with Crippen molar-refractivity contribution < 1.29 is 24.2 Å². The minimum Gasteiger partial charge on any atom is -0.467 e. The van der Waals surface area contributed by atoms with Crippen molar-refractivity contribution in [1.82, 2.24) is 4.90 Å². The molecule has 0 radical (unpaired) electrons. The monoisotopic (exact) mass is 315 g/mol. The molecule has 3 atom stereocenters. The Morgan fingerprint density at radius 3 is 2.41 bits per heavy atom. The van der Waals surface area contributed by atoms with Gasteiger partial charge in [0, 0.05) is 13.2 Å². The van der Waals surface area contributed by atoms with Gasteiger partial charge in [-0.15, -0.1) is 0 Å². The molecule has 1 aliphatic heterocycles. The molecule has 6 nitrogen and oxygen atoms in total. The normalized spacial score (nSPS) is 25.2. The van der Waals surface area contributed by atoms with Crippen molar-refractivity contribution in [1.29, 1.82) is 0 Å². The minimum atomic E-state index is -0.603. The van der Waals surface area contributed by atoms with E-state index in [1.165, 1.54) is 12.0 Å². The number of nitrogens with zero attached hydrogens (tertiary/aromatic N) is 1. The Morgan fingerprint density at radius 2 is 1.91 bits per heavy atom. The third-order valence-electron chi connectivity index (χ3n) is 3.97. The van der Waals surface area contributed by atoms with Crippen LogP contribution in [0.5, 0.6) is 0 Å². The molecule has 0 aromatic rings. The highest BCUT2D eigenvalue weighted by Crippen LogP contribution is 2.35. The number of methoxy groups -OCH3 is 1. The largest absolute Gasteiger partial charge is 0.467 e. The number of unbranched alkanes of at least 4 members (excludes halogenated alkanes) is 1. The van der Waals surface area contributed by atoms with E-state index in [0.717, 1.165) is 12.8 Å². The molecule has 1 aliphatic rings. The summed E-state index contributed by atoms with van der Waals surface area (Å²) < 4.78 is 10.3. The number of carbonyl (C=O) groups excluding carboxylic acids is 2. The first-order chi connectivity index (χ1) is 10.2. The van der Waals surface area contributed by atoms with Gasteiger partial charge in [-0.2, -0.15) is 0 Å². The summed E-state index contributed by atoms with van der Waals surface area (Å²) in [7, 11) is 1.34. The Balaban J connectivity index is 2.87. The van der Waals surface area contributed by atoms with Gasteiger partial charge < -0.3 is 14.6 Å². The third-order valence-corrected chi connectivity index (χ3v) is 3.97. The molecule has 0 aromatic heterocycles. The van der Waals surface area contributed by atoms with Crippen LogP contribution in [-0.4, -0.2) is 54.0 Å². The Bertz CT molecular complexity index is 390. The van der Waals surface area contributed by atoms with Crippen LogP contribution in [0.1, 0.15) is 47.0 Å². The van der Waals surface area contributed by atoms with Crippen LogP contribution in [-0.2, 0) is 14.3 Å². The van der Waals surface area contributed by atoms with Crippen LogP contribution in [0, 0.1) is 11.8 Å². The molecule has 0 unspecified atom stereocenters. The number of aliphatic hydroxyl groups is 1. The highest BCUT2D eigenvalue weighted by atomic mass is 16.6. The maximum absolute atomic E-state index is 12.4. The van der Waals surface area contributed by atoms with Gasteiger partial charge in [-0.25, -0.2) is 9.59 Å². The van der Waals surface area contributed by atoms with Gasteiger partial charge in [0.2, 0.25) is 0 Å². The van der Waals surface area contributed by atoms with Crippen LogP contribution >= 0.6 is 0 Å². The maximum atomic E-state index is 12.4. The minimum absolute atomic E-state index is 0.0338. The smallest absolute Gasteiger partial charge is 0.411 e. The molecule has 1 heterocycles. The van der Waals surface area contributed by atoms with Gasteiger partial charge in [0.05, 0.1) is 7.11 Å². The molecule has 6 heteroatoms. The number of esters is 1. The van der Waals surface area contributed by atoms with Gasteiger partial charge in [0.15, 0.2) is 0 Å². The lowest BCUT2D eigenvalue weighted by Gasteiger charge is -2.29. The average molecular weight is 315 g/mol. The fourth-order valence-corrected chi connectivity index (χ4v) is 2.97. The van der Waals surface area contributed by atoms with Crippen molar-refractivity contribution >= 4 is 12.1 Å². The maximum Gasteiger partial charge on any atom is 0.411 e. The van der Waals surface area contributed by atoms with Crippen LogP contribution in [0.25, 0.3) is 0 Å². The van der Waals surface area contributed by atoms with Gasteiger partial charge >= 0.3 is 12.1 Å². The second-order valence-electron chi connectivity index (χ2n) is 6.96. The number of hydrogen-bond donors (Lipinski definition) is 1. The average Bonchev–Trinajstić information content (AvgIpc) is 2.74. The number of rotatable bonds is 5. The van der Waals surface area contributed by atoms with E-state index in [-0.39, 0.29) is 18.4 Å². The quantitative estimate of drug-likeness (QED) is 0.622. The van der Waals surface area contributed by atoms with Crippen molar-refractivity contribution in [2.75, 3.05) is 20.3 Å². The molecule has 0 aliphatic carbocycles. The van der Waals surface area contributed by atoms with Crippen molar-refractivity contribution in [2.24, 2.45) is 11.8 Å². The first-order valence-corrected chi connectivity index (χ1v) is 7.89. The van der Waals surface area contributed by atoms with E-state index in [9.17, 15) is 9.59 Å². The summed E-state index contributed by atoms with van der Waals surface area (Å²) in [6, 6.07) is -0.603. The molecular weight excluding hydrogens is 286 g/mol. The zero-order valence-electron chi connectivity index (χ0n) is 14.3.